The van der Waals surface area contributed by atoms with Crippen molar-refractivity contribution in [2.45, 2.75) is 31.8 Å². The summed E-state index contributed by atoms with van der Waals surface area (Å²) in [5.74, 6) is 0.0684. The van der Waals surface area contributed by atoms with Gasteiger partial charge in [-0.2, -0.15) is 0 Å². The summed E-state index contributed by atoms with van der Waals surface area (Å²) in [6.45, 7) is 3.32. The first kappa shape index (κ1) is 16.6. The lowest BCUT2D eigenvalue weighted by molar-refractivity contribution is -0.0291. The molecule has 0 bridgehead atoms. The monoisotopic (exact) mass is 345 g/mol. The Morgan fingerprint density at radius 3 is 2.64 bits per heavy atom. The summed E-state index contributed by atoms with van der Waals surface area (Å²) in [6.07, 6.45) is 4.19. The molecule has 136 valence electrons. The van der Waals surface area contributed by atoms with Gasteiger partial charge in [-0.3, -0.25) is 15.3 Å². The fourth-order valence-electron chi connectivity index (χ4n) is 3.67. The molecule has 0 spiro atoms. The van der Waals surface area contributed by atoms with Crippen molar-refractivity contribution < 1.29 is 4.74 Å². The number of guanidine groups is 1. The second-order valence-corrected chi connectivity index (χ2v) is 6.84. The van der Waals surface area contributed by atoms with E-state index in [0.29, 0.717) is 29.2 Å². The van der Waals surface area contributed by atoms with Crippen LogP contribution in [0.15, 0.2) is 17.1 Å². The number of anilines is 2. The average molecular weight is 345 g/mol. The van der Waals surface area contributed by atoms with E-state index in [-0.39, 0.29) is 5.96 Å². The molecule has 0 atom stereocenters. The minimum Gasteiger partial charge on any atom is -0.752 e. The first-order chi connectivity index (χ1) is 12.2. The normalized spacial score (nSPS) is 22.0. The van der Waals surface area contributed by atoms with E-state index >= 15 is 0 Å². The molecule has 1 aliphatic carbocycles. The number of hydrazine groups is 1. The Labute approximate surface area is 147 Å². The van der Waals surface area contributed by atoms with Crippen molar-refractivity contribution in [1.29, 1.82) is 0 Å². The van der Waals surface area contributed by atoms with E-state index in [1.165, 1.54) is 11.1 Å². The molecule has 2 heterocycles. The number of benzene rings is 1. The third kappa shape index (κ3) is 3.18. The lowest BCUT2D eigenvalue weighted by Crippen LogP contribution is -2.52. The molecule has 1 N–H and O–H groups in total. The van der Waals surface area contributed by atoms with Crippen LogP contribution in [0.3, 0.4) is 0 Å². The standard InChI is InChI=1S/C17H23N5O3/c1-25-14-10-20(11-14)7-3-6-18-17-19-22(24)16-9-13-5-2-4-12(13)8-15(16)21(17)23/h8-9,14H,2-7,10-11H2,1H3,(H,18,19)/q-2. The highest BCUT2D eigenvalue weighted by molar-refractivity contribution is 6.04. The highest BCUT2D eigenvalue weighted by Gasteiger charge is 2.25. The molecule has 4 rings (SSSR count). The number of hydrogen-bond acceptors (Lipinski definition) is 6. The minimum atomic E-state index is 0.0684. The molecule has 0 saturated carbocycles. The van der Waals surface area contributed by atoms with Crippen LogP contribution in [-0.2, 0) is 17.6 Å². The van der Waals surface area contributed by atoms with Crippen molar-refractivity contribution in [1.82, 2.24) is 10.3 Å². The number of aliphatic imine (C=N–C) groups is 1. The van der Waals surface area contributed by atoms with E-state index in [4.69, 9.17) is 4.74 Å². The Morgan fingerprint density at radius 2 is 1.92 bits per heavy atom. The van der Waals surface area contributed by atoms with Gasteiger partial charge in [0.15, 0.2) is 0 Å². The topological polar surface area (TPSA) is 89.5 Å². The first-order valence-corrected chi connectivity index (χ1v) is 8.82. The Kier molecular flexibility index (Phi) is 4.51. The number of fused-ring (bicyclic) bond motifs is 2. The molecule has 2 aliphatic heterocycles. The van der Waals surface area contributed by atoms with Crippen molar-refractivity contribution >= 4 is 17.3 Å². The van der Waals surface area contributed by atoms with Gasteiger partial charge in [-0.25, -0.2) is 0 Å². The minimum absolute atomic E-state index is 0.0684. The van der Waals surface area contributed by atoms with Crippen LogP contribution in [-0.4, -0.2) is 50.3 Å². The van der Waals surface area contributed by atoms with Gasteiger partial charge in [0.2, 0.25) is 5.96 Å². The molecule has 1 aromatic rings. The number of hydrogen-bond donors (Lipinski definition) is 1. The fourth-order valence-corrected chi connectivity index (χ4v) is 3.67. The summed E-state index contributed by atoms with van der Waals surface area (Å²) in [5, 5.41) is 26.2. The highest BCUT2D eigenvalue weighted by Crippen LogP contribution is 2.37. The molecule has 1 saturated heterocycles. The van der Waals surface area contributed by atoms with Gasteiger partial charge in [0.05, 0.1) is 17.5 Å². The van der Waals surface area contributed by atoms with Crippen molar-refractivity contribution in [2.75, 3.05) is 43.5 Å². The number of aryl methyl sites for hydroxylation is 2. The molecule has 0 amide bonds. The maximum absolute atomic E-state index is 12.6. The summed E-state index contributed by atoms with van der Waals surface area (Å²) >= 11 is 0. The Bertz CT molecular complexity index is 674. The second-order valence-electron chi connectivity index (χ2n) is 6.84. The number of nitrogens with one attached hydrogen (secondary N) is 1. The fraction of sp³-hybridized carbons (Fsp3) is 0.588. The number of rotatable bonds is 5. The van der Waals surface area contributed by atoms with Gasteiger partial charge in [0.1, 0.15) is 0 Å². The van der Waals surface area contributed by atoms with Gasteiger partial charge >= 0.3 is 0 Å². The number of nitrogens with zero attached hydrogens (tertiary/aromatic N) is 4. The van der Waals surface area contributed by atoms with E-state index in [0.717, 1.165) is 50.4 Å². The van der Waals surface area contributed by atoms with E-state index in [9.17, 15) is 10.4 Å². The van der Waals surface area contributed by atoms with Gasteiger partial charge in [0, 0.05) is 33.3 Å². The summed E-state index contributed by atoms with van der Waals surface area (Å²) in [6, 6.07) is 3.67. The van der Waals surface area contributed by atoms with Crippen LogP contribution in [0.25, 0.3) is 0 Å². The van der Waals surface area contributed by atoms with Crippen molar-refractivity contribution in [3.8, 4) is 0 Å². The second kappa shape index (κ2) is 6.80. The summed E-state index contributed by atoms with van der Waals surface area (Å²) in [7, 11) is 1.73. The van der Waals surface area contributed by atoms with Gasteiger partial charge in [-0.15, -0.1) is 0 Å². The van der Waals surface area contributed by atoms with Gasteiger partial charge in [-0.1, -0.05) is 0 Å². The maximum atomic E-state index is 12.6. The largest absolute Gasteiger partial charge is 0.752 e. The van der Waals surface area contributed by atoms with Gasteiger partial charge in [0.25, 0.3) is 0 Å². The van der Waals surface area contributed by atoms with Gasteiger partial charge in [-0.05, 0) is 48.9 Å². The molecule has 0 unspecified atom stereocenters. The molecule has 1 aromatic carbocycles. The maximum Gasteiger partial charge on any atom is 0.206 e. The first-order valence-electron chi connectivity index (χ1n) is 8.82. The molecule has 1 fully saturated rings. The third-order valence-electron chi connectivity index (χ3n) is 5.17. The van der Waals surface area contributed by atoms with Gasteiger partial charge < -0.3 is 25.4 Å². The molecule has 3 aliphatic rings. The predicted molar refractivity (Wildman–Crippen MR) is 97.5 cm³/mol. The van der Waals surface area contributed by atoms with E-state index in [1.54, 1.807) is 7.11 Å². The van der Waals surface area contributed by atoms with Crippen LogP contribution < -0.4 is 15.7 Å². The number of hydroxylamine groups is 1. The van der Waals surface area contributed by atoms with E-state index in [1.807, 2.05) is 12.1 Å². The van der Waals surface area contributed by atoms with E-state index in [2.05, 4.69) is 15.3 Å². The van der Waals surface area contributed by atoms with Crippen LogP contribution in [0, 0.1) is 10.4 Å². The van der Waals surface area contributed by atoms with Crippen LogP contribution >= 0.6 is 0 Å². The Hall–Kier alpha value is -1.87. The number of methoxy groups -OCH3 is 1. The Morgan fingerprint density at radius 1 is 1.20 bits per heavy atom. The smallest absolute Gasteiger partial charge is 0.206 e. The van der Waals surface area contributed by atoms with Crippen LogP contribution in [0.2, 0.25) is 0 Å². The molecule has 25 heavy (non-hydrogen) atoms. The zero-order valence-corrected chi connectivity index (χ0v) is 14.4. The predicted octanol–water partition coefficient (Wildman–Crippen LogP) is 1.38. The van der Waals surface area contributed by atoms with Crippen LogP contribution in [0.5, 0.6) is 0 Å². The van der Waals surface area contributed by atoms with Crippen LogP contribution in [0.4, 0.5) is 11.4 Å². The molecule has 8 nitrogen and oxygen atoms in total. The summed E-state index contributed by atoms with van der Waals surface area (Å²) in [5.41, 5.74) is 5.65. The molecular weight excluding hydrogens is 322 g/mol. The summed E-state index contributed by atoms with van der Waals surface area (Å²) in [4.78, 5) is 6.58. The van der Waals surface area contributed by atoms with Crippen LogP contribution in [0.1, 0.15) is 24.0 Å². The molecule has 8 heteroatoms. The third-order valence-corrected chi connectivity index (χ3v) is 5.17. The molecule has 0 aromatic heterocycles. The van der Waals surface area contributed by atoms with E-state index < -0.39 is 0 Å². The lowest BCUT2D eigenvalue weighted by Gasteiger charge is -2.46. The molecule has 0 radical (unpaired) electrons. The SMILES string of the molecule is COC1CN(CCCN=C2NN([O-])c3cc4c(cc3N2[O-])CCC4)C1. The number of ether oxygens (including phenoxy) is 1. The zero-order valence-electron chi connectivity index (χ0n) is 14.4. The van der Waals surface area contributed by atoms with Crippen molar-refractivity contribution in [3.05, 3.63) is 33.7 Å². The lowest BCUT2D eigenvalue weighted by atomic mass is 10.1. The summed E-state index contributed by atoms with van der Waals surface area (Å²) < 4.78 is 5.24. The van der Waals surface area contributed by atoms with Crippen molar-refractivity contribution in [2.24, 2.45) is 4.99 Å². The quantitative estimate of drug-likeness (QED) is 0.806. The zero-order chi connectivity index (χ0) is 17.4. The Balaban J connectivity index is 1.38. The highest BCUT2D eigenvalue weighted by atomic mass is 16.6. The molecular formula is C17H23N5O3-2. The average Bonchev–Trinajstić information content (AvgIpc) is 3.03. The van der Waals surface area contributed by atoms with Crippen molar-refractivity contribution in [3.63, 3.8) is 0 Å². The number of likely N-dealkylation sites (tertiary alicyclic amines) is 1.